The number of hydrogen-bond donors (Lipinski definition) is 2. The van der Waals surface area contributed by atoms with E-state index in [9.17, 15) is 9.59 Å². The molecule has 2 fully saturated rings. The fourth-order valence-corrected chi connectivity index (χ4v) is 5.30. The van der Waals surface area contributed by atoms with Gasteiger partial charge in [-0.05, 0) is 63.9 Å². The SMILES string of the molecule is Cc1cccc(-c2noc(CN3CCC(C(=O)Nc4ccccc4C(=O)NC4CCCCC4)CC3)n2)c1. The monoisotopic (exact) mass is 501 g/mol. The van der Waals surface area contributed by atoms with Crippen LogP contribution in [-0.4, -0.2) is 46.0 Å². The summed E-state index contributed by atoms with van der Waals surface area (Å²) in [6.07, 6.45) is 7.07. The van der Waals surface area contributed by atoms with Crippen LogP contribution in [-0.2, 0) is 11.3 Å². The molecule has 5 rings (SSSR count). The van der Waals surface area contributed by atoms with E-state index in [1.54, 1.807) is 6.07 Å². The average molecular weight is 502 g/mol. The van der Waals surface area contributed by atoms with Crippen LogP contribution in [0.1, 0.15) is 66.8 Å². The number of piperidine rings is 1. The number of aromatic nitrogens is 2. The molecular weight excluding hydrogens is 466 g/mol. The summed E-state index contributed by atoms with van der Waals surface area (Å²) in [4.78, 5) is 32.8. The van der Waals surface area contributed by atoms with E-state index in [4.69, 9.17) is 4.52 Å². The summed E-state index contributed by atoms with van der Waals surface area (Å²) >= 11 is 0. The van der Waals surface area contributed by atoms with Gasteiger partial charge in [0.1, 0.15) is 0 Å². The molecule has 2 aliphatic rings. The van der Waals surface area contributed by atoms with Crippen LogP contribution in [0, 0.1) is 12.8 Å². The quantitative estimate of drug-likeness (QED) is 0.475. The molecule has 2 heterocycles. The largest absolute Gasteiger partial charge is 0.349 e. The summed E-state index contributed by atoms with van der Waals surface area (Å²) in [5.41, 5.74) is 3.20. The molecule has 8 heteroatoms. The van der Waals surface area contributed by atoms with Crippen molar-refractivity contribution in [2.24, 2.45) is 5.92 Å². The third-order valence-electron chi connectivity index (χ3n) is 7.43. The van der Waals surface area contributed by atoms with E-state index in [0.717, 1.165) is 62.7 Å². The van der Waals surface area contributed by atoms with Crippen molar-refractivity contribution in [3.05, 3.63) is 65.5 Å². The minimum atomic E-state index is -0.109. The standard InChI is InChI=1S/C29H35N5O3/c1-20-8-7-9-22(18-20)27-32-26(37-33-27)19-34-16-14-21(15-17-34)28(35)31-25-13-6-5-12-24(25)29(36)30-23-10-3-2-4-11-23/h5-9,12-13,18,21,23H,2-4,10-11,14-17,19H2,1H3,(H,30,36)(H,31,35). The summed E-state index contributed by atoms with van der Waals surface area (Å²) in [7, 11) is 0. The fraction of sp³-hybridized carbons (Fsp3) is 0.448. The molecule has 2 N–H and O–H groups in total. The molecule has 194 valence electrons. The number of carbonyl (C=O) groups is 2. The molecule has 0 unspecified atom stereocenters. The van der Waals surface area contributed by atoms with E-state index >= 15 is 0 Å². The van der Waals surface area contributed by atoms with Gasteiger partial charge in [0.2, 0.25) is 17.6 Å². The molecule has 8 nitrogen and oxygen atoms in total. The Labute approximate surface area is 217 Å². The van der Waals surface area contributed by atoms with Gasteiger partial charge in [0.25, 0.3) is 5.91 Å². The van der Waals surface area contributed by atoms with Crippen LogP contribution in [0.3, 0.4) is 0 Å². The number of para-hydroxylation sites is 1. The first-order valence-electron chi connectivity index (χ1n) is 13.4. The van der Waals surface area contributed by atoms with Gasteiger partial charge in [-0.15, -0.1) is 0 Å². The Morgan fingerprint density at radius 1 is 1.00 bits per heavy atom. The van der Waals surface area contributed by atoms with Gasteiger partial charge < -0.3 is 15.2 Å². The Bertz CT molecular complexity index is 1230. The van der Waals surface area contributed by atoms with Crippen molar-refractivity contribution < 1.29 is 14.1 Å². The van der Waals surface area contributed by atoms with E-state index in [1.807, 2.05) is 49.4 Å². The van der Waals surface area contributed by atoms with Crippen molar-refractivity contribution in [2.45, 2.75) is 64.5 Å². The van der Waals surface area contributed by atoms with Gasteiger partial charge in [-0.2, -0.15) is 4.98 Å². The molecule has 0 spiro atoms. The molecule has 0 radical (unpaired) electrons. The highest BCUT2D eigenvalue weighted by Crippen LogP contribution is 2.24. The maximum atomic E-state index is 13.1. The van der Waals surface area contributed by atoms with Crippen LogP contribution in [0.5, 0.6) is 0 Å². The lowest BCUT2D eigenvalue weighted by atomic mass is 9.95. The number of amides is 2. The molecule has 1 aliphatic heterocycles. The van der Waals surface area contributed by atoms with Crippen molar-refractivity contribution in [3.63, 3.8) is 0 Å². The number of likely N-dealkylation sites (tertiary alicyclic amines) is 1. The summed E-state index contributed by atoms with van der Waals surface area (Å²) in [6.45, 7) is 4.14. The first-order valence-corrected chi connectivity index (χ1v) is 13.4. The van der Waals surface area contributed by atoms with Crippen molar-refractivity contribution in [2.75, 3.05) is 18.4 Å². The smallest absolute Gasteiger partial charge is 0.253 e. The lowest BCUT2D eigenvalue weighted by molar-refractivity contribution is -0.121. The van der Waals surface area contributed by atoms with E-state index in [2.05, 4.69) is 25.7 Å². The van der Waals surface area contributed by atoms with Gasteiger partial charge in [-0.3, -0.25) is 14.5 Å². The second kappa shape index (κ2) is 11.7. The van der Waals surface area contributed by atoms with E-state index in [0.29, 0.717) is 29.5 Å². The van der Waals surface area contributed by atoms with Crippen molar-refractivity contribution >= 4 is 17.5 Å². The number of benzene rings is 2. The lowest BCUT2D eigenvalue weighted by Gasteiger charge is -2.30. The highest BCUT2D eigenvalue weighted by molar-refractivity contribution is 6.04. The summed E-state index contributed by atoms with van der Waals surface area (Å²) in [5.74, 6) is 0.937. The van der Waals surface area contributed by atoms with Crippen LogP contribution in [0.4, 0.5) is 5.69 Å². The highest BCUT2D eigenvalue weighted by Gasteiger charge is 2.27. The molecule has 2 amide bonds. The Hall–Kier alpha value is -3.52. The van der Waals surface area contributed by atoms with Crippen LogP contribution in [0.25, 0.3) is 11.4 Å². The zero-order chi connectivity index (χ0) is 25.6. The van der Waals surface area contributed by atoms with Crippen molar-refractivity contribution in [3.8, 4) is 11.4 Å². The van der Waals surface area contributed by atoms with E-state index < -0.39 is 0 Å². The van der Waals surface area contributed by atoms with Crippen LogP contribution >= 0.6 is 0 Å². The molecule has 2 aromatic carbocycles. The van der Waals surface area contributed by atoms with Gasteiger partial charge in [-0.25, -0.2) is 0 Å². The lowest BCUT2D eigenvalue weighted by Crippen LogP contribution is -2.38. The fourth-order valence-electron chi connectivity index (χ4n) is 5.30. The molecular formula is C29H35N5O3. The molecule has 37 heavy (non-hydrogen) atoms. The average Bonchev–Trinajstić information content (AvgIpc) is 3.38. The van der Waals surface area contributed by atoms with Crippen molar-refractivity contribution in [1.29, 1.82) is 0 Å². The van der Waals surface area contributed by atoms with Crippen LogP contribution in [0.15, 0.2) is 53.1 Å². The number of hydrogen-bond acceptors (Lipinski definition) is 6. The minimum Gasteiger partial charge on any atom is -0.349 e. The van der Waals surface area contributed by atoms with E-state index in [-0.39, 0.29) is 23.8 Å². The highest BCUT2D eigenvalue weighted by atomic mass is 16.5. The number of nitrogens with zero attached hydrogens (tertiary/aromatic N) is 3. The minimum absolute atomic E-state index is 0.0305. The predicted molar refractivity (Wildman–Crippen MR) is 142 cm³/mol. The topological polar surface area (TPSA) is 100 Å². The normalized spacial score (nSPS) is 17.4. The van der Waals surface area contributed by atoms with Crippen LogP contribution in [0.2, 0.25) is 0 Å². The first kappa shape index (κ1) is 25.1. The van der Waals surface area contributed by atoms with Gasteiger partial charge in [0.15, 0.2) is 0 Å². The Balaban J connectivity index is 1.13. The van der Waals surface area contributed by atoms with Crippen molar-refractivity contribution in [1.82, 2.24) is 20.4 Å². The number of nitrogens with one attached hydrogen (secondary N) is 2. The zero-order valence-electron chi connectivity index (χ0n) is 21.4. The van der Waals surface area contributed by atoms with Gasteiger partial charge >= 0.3 is 0 Å². The van der Waals surface area contributed by atoms with Gasteiger partial charge in [0.05, 0.1) is 17.8 Å². The Kier molecular flexibility index (Phi) is 7.94. The van der Waals surface area contributed by atoms with Crippen LogP contribution < -0.4 is 10.6 Å². The predicted octanol–water partition coefficient (Wildman–Crippen LogP) is 4.96. The Morgan fingerprint density at radius 2 is 1.78 bits per heavy atom. The van der Waals surface area contributed by atoms with Gasteiger partial charge in [0, 0.05) is 17.5 Å². The Morgan fingerprint density at radius 3 is 2.57 bits per heavy atom. The summed E-state index contributed by atoms with van der Waals surface area (Å²) in [5, 5.41) is 10.3. The summed E-state index contributed by atoms with van der Waals surface area (Å²) < 4.78 is 5.48. The molecule has 0 atom stereocenters. The van der Waals surface area contributed by atoms with E-state index in [1.165, 1.54) is 6.42 Å². The maximum Gasteiger partial charge on any atom is 0.253 e. The number of carbonyl (C=O) groups excluding carboxylic acids is 2. The molecule has 1 aliphatic carbocycles. The molecule has 1 saturated carbocycles. The molecule has 3 aromatic rings. The third-order valence-corrected chi connectivity index (χ3v) is 7.43. The second-order valence-electron chi connectivity index (χ2n) is 10.3. The maximum absolute atomic E-state index is 13.1. The second-order valence-corrected chi connectivity index (χ2v) is 10.3. The van der Waals surface area contributed by atoms with Gasteiger partial charge in [-0.1, -0.05) is 60.3 Å². The third kappa shape index (κ3) is 6.43. The first-order chi connectivity index (χ1) is 18.0. The molecule has 1 aromatic heterocycles. The molecule has 1 saturated heterocycles. The number of anilines is 1. The molecule has 0 bridgehead atoms. The summed E-state index contributed by atoms with van der Waals surface area (Å²) in [6, 6.07) is 15.5. The number of aryl methyl sites for hydroxylation is 1. The number of rotatable bonds is 7. The zero-order valence-corrected chi connectivity index (χ0v) is 21.4.